The van der Waals surface area contributed by atoms with Crippen molar-refractivity contribution >= 4 is 13.6 Å². The van der Waals surface area contributed by atoms with E-state index < -0.39 is 7.82 Å². The number of benzene rings is 1. The molecule has 94 valence electrons. The van der Waals surface area contributed by atoms with Crippen molar-refractivity contribution in [2.75, 3.05) is 21.3 Å². The predicted octanol–water partition coefficient (Wildman–Crippen LogP) is 3.08. The van der Waals surface area contributed by atoms with Gasteiger partial charge in [0.05, 0.1) is 12.7 Å². The zero-order chi connectivity index (χ0) is 12.9. The monoisotopic (exact) mass is 258 g/mol. The van der Waals surface area contributed by atoms with Crippen LogP contribution in [0, 0.1) is 0 Å². The number of phosphoric acid groups is 1. The molecule has 0 aromatic heterocycles. The second-order valence-electron chi connectivity index (χ2n) is 3.03. The summed E-state index contributed by atoms with van der Waals surface area (Å²) in [5.74, 6) is 0.728. The Labute approximate surface area is 101 Å². The van der Waals surface area contributed by atoms with Crippen LogP contribution in [0.5, 0.6) is 5.75 Å². The molecule has 17 heavy (non-hydrogen) atoms. The van der Waals surface area contributed by atoms with E-state index in [0.717, 1.165) is 0 Å². The molecular weight excluding hydrogens is 243 g/mol. The molecule has 1 rings (SSSR count). The second kappa shape index (κ2) is 5.87. The molecular formula is C11H15O5P. The van der Waals surface area contributed by atoms with E-state index in [1.165, 1.54) is 21.3 Å². The first-order valence-corrected chi connectivity index (χ1v) is 6.25. The molecule has 0 radical (unpaired) electrons. The molecule has 0 bridgehead atoms. The number of ether oxygens (including phenoxy) is 1. The minimum atomic E-state index is -3.59. The van der Waals surface area contributed by atoms with E-state index >= 15 is 0 Å². The number of rotatable bonds is 6. The first-order chi connectivity index (χ1) is 8.06. The smallest absolute Gasteiger partial charge is 0.496 e. The third kappa shape index (κ3) is 3.33. The molecule has 0 spiro atoms. The molecule has 5 nitrogen and oxygen atoms in total. The maximum Gasteiger partial charge on any atom is 0.529 e. The van der Waals surface area contributed by atoms with E-state index in [4.69, 9.17) is 9.26 Å². The Morgan fingerprint density at radius 3 is 2.29 bits per heavy atom. The molecule has 0 aliphatic heterocycles. The van der Waals surface area contributed by atoms with E-state index in [9.17, 15) is 4.57 Å². The minimum Gasteiger partial charge on any atom is -0.496 e. The molecule has 0 aliphatic carbocycles. The summed E-state index contributed by atoms with van der Waals surface area (Å²) in [6.45, 7) is 3.68. The molecule has 6 heteroatoms. The summed E-state index contributed by atoms with van der Waals surface area (Å²) < 4.78 is 31.3. The predicted molar refractivity (Wildman–Crippen MR) is 64.7 cm³/mol. The van der Waals surface area contributed by atoms with Crippen molar-refractivity contribution in [1.29, 1.82) is 0 Å². The number of hydrogen-bond donors (Lipinski definition) is 0. The lowest BCUT2D eigenvalue weighted by molar-refractivity contribution is 0.201. The molecule has 0 atom stereocenters. The van der Waals surface area contributed by atoms with Crippen LogP contribution in [0.3, 0.4) is 0 Å². The summed E-state index contributed by atoms with van der Waals surface area (Å²) in [4.78, 5) is 0. The van der Waals surface area contributed by atoms with Crippen LogP contribution >= 0.6 is 7.82 Å². The highest BCUT2D eigenvalue weighted by molar-refractivity contribution is 7.48. The highest BCUT2D eigenvalue weighted by Gasteiger charge is 2.26. The summed E-state index contributed by atoms with van der Waals surface area (Å²) in [5, 5.41) is 0. The van der Waals surface area contributed by atoms with E-state index in [1.54, 1.807) is 18.2 Å². The van der Waals surface area contributed by atoms with Gasteiger partial charge in [0.2, 0.25) is 0 Å². The molecule has 0 saturated carbocycles. The molecule has 1 aromatic carbocycles. The van der Waals surface area contributed by atoms with Gasteiger partial charge in [-0.25, -0.2) is 4.57 Å². The van der Waals surface area contributed by atoms with E-state index in [2.05, 4.69) is 15.6 Å². The lowest BCUT2D eigenvalue weighted by Crippen LogP contribution is -1.96. The normalized spacial score (nSPS) is 11.0. The Balaban J connectivity index is 2.94. The summed E-state index contributed by atoms with van der Waals surface area (Å²) in [6, 6.07) is 7.07. The number of hydrogen-bond acceptors (Lipinski definition) is 5. The van der Waals surface area contributed by atoms with Crippen LogP contribution in [0.2, 0.25) is 0 Å². The largest absolute Gasteiger partial charge is 0.529 e. The lowest BCUT2D eigenvalue weighted by Gasteiger charge is -2.17. The maximum atomic E-state index is 11.8. The SMILES string of the molecule is C=C(OP(=O)(OC)OC)c1ccccc1OC. The molecule has 0 amide bonds. The van der Waals surface area contributed by atoms with Crippen LogP contribution in [-0.4, -0.2) is 21.3 Å². The van der Waals surface area contributed by atoms with Crippen molar-refractivity contribution in [1.82, 2.24) is 0 Å². The average Bonchev–Trinajstić information content (AvgIpc) is 2.38. The standard InChI is InChI=1S/C11H15O5P/c1-9(16-17(12,14-3)15-4)10-7-5-6-8-11(10)13-2/h5-8H,1H2,2-4H3. The van der Waals surface area contributed by atoms with Crippen LogP contribution in [0.4, 0.5) is 0 Å². The van der Waals surface area contributed by atoms with Gasteiger partial charge in [0.1, 0.15) is 11.5 Å². The lowest BCUT2D eigenvalue weighted by atomic mass is 10.2. The second-order valence-corrected chi connectivity index (χ2v) is 4.83. The fraction of sp³-hybridized carbons (Fsp3) is 0.273. The van der Waals surface area contributed by atoms with Crippen molar-refractivity contribution in [3.8, 4) is 5.75 Å². The van der Waals surface area contributed by atoms with Crippen molar-refractivity contribution in [3.63, 3.8) is 0 Å². The maximum absolute atomic E-state index is 11.8. The minimum absolute atomic E-state index is 0.162. The van der Waals surface area contributed by atoms with Crippen molar-refractivity contribution in [3.05, 3.63) is 36.4 Å². The Morgan fingerprint density at radius 1 is 1.18 bits per heavy atom. The fourth-order valence-corrected chi connectivity index (χ4v) is 1.87. The summed E-state index contributed by atoms with van der Waals surface area (Å²) in [6.07, 6.45) is 0. The van der Waals surface area contributed by atoms with Crippen molar-refractivity contribution in [2.24, 2.45) is 0 Å². The van der Waals surface area contributed by atoms with Crippen LogP contribution in [-0.2, 0) is 18.1 Å². The van der Waals surface area contributed by atoms with Gasteiger partial charge in [0.25, 0.3) is 0 Å². The van der Waals surface area contributed by atoms with Gasteiger partial charge in [-0.15, -0.1) is 0 Å². The highest BCUT2D eigenvalue weighted by atomic mass is 31.2. The Morgan fingerprint density at radius 2 is 1.76 bits per heavy atom. The Bertz CT molecular complexity index is 435. The van der Waals surface area contributed by atoms with Gasteiger partial charge in [-0.1, -0.05) is 18.7 Å². The molecule has 0 N–H and O–H groups in total. The van der Waals surface area contributed by atoms with E-state index in [1.807, 2.05) is 6.07 Å². The summed E-state index contributed by atoms with van der Waals surface area (Å²) in [7, 11) is 0.410. The van der Waals surface area contributed by atoms with Crippen LogP contribution < -0.4 is 4.74 Å². The molecule has 0 fully saturated rings. The van der Waals surface area contributed by atoms with Gasteiger partial charge in [-0.2, -0.15) is 0 Å². The third-order valence-corrected chi connectivity index (χ3v) is 3.42. The zero-order valence-electron chi connectivity index (χ0n) is 10.0. The third-order valence-electron chi connectivity index (χ3n) is 2.08. The fourth-order valence-electron chi connectivity index (χ4n) is 1.21. The zero-order valence-corrected chi connectivity index (χ0v) is 10.9. The molecule has 0 unspecified atom stereocenters. The first-order valence-electron chi connectivity index (χ1n) is 4.79. The topological polar surface area (TPSA) is 54.0 Å². The Hall–Kier alpha value is -1.29. The van der Waals surface area contributed by atoms with Gasteiger partial charge >= 0.3 is 7.82 Å². The number of para-hydroxylation sites is 1. The molecule has 0 saturated heterocycles. The van der Waals surface area contributed by atoms with Gasteiger partial charge in [-0.05, 0) is 12.1 Å². The van der Waals surface area contributed by atoms with Gasteiger partial charge in [-0.3, -0.25) is 9.05 Å². The van der Waals surface area contributed by atoms with Gasteiger partial charge < -0.3 is 9.26 Å². The van der Waals surface area contributed by atoms with Gasteiger partial charge in [0.15, 0.2) is 0 Å². The van der Waals surface area contributed by atoms with E-state index in [-0.39, 0.29) is 5.76 Å². The van der Waals surface area contributed by atoms with Crippen LogP contribution in [0.1, 0.15) is 5.56 Å². The van der Waals surface area contributed by atoms with Crippen LogP contribution in [0.25, 0.3) is 5.76 Å². The molecule has 0 heterocycles. The first kappa shape index (κ1) is 13.8. The number of phosphoric ester groups is 1. The molecule has 0 aliphatic rings. The van der Waals surface area contributed by atoms with Crippen molar-refractivity contribution in [2.45, 2.75) is 0 Å². The highest BCUT2D eigenvalue weighted by Crippen LogP contribution is 2.51. The number of methoxy groups -OCH3 is 1. The average molecular weight is 258 g/mol. The molecule has 1 aromatic rings. The Kier molecular flexibility index (Phi) is 4.75. The van der Waals surface area contributed by atoms with Gasteiger partial charge in [0, 0.05) is 14.2 Å². The quantitative estimate of drug-likeness (QED) is 0.579. The summed E-state index contributed by atoms with van der Waals surface area (Å²) in [5.41, 5.74) is 0.587. The van der Waals surface area contributed by atoms with E-state index in [0.29, 0.717) is 11.3 Å². The van der Waals surface area contributed by atoms with Crippen molar-refractivity contribution < 1.29 is 22.9 Å². The van der Waals surface area contributed by atoms with Crippen LogP contribution in [0.15, 0.2) is 30.8 Å². The summed E-state index contributed by atoms with van der Waals surface area (Å²) >= 11 is 0.